The third-order valence-corrected chi connectivity index (χ3v) is 3.75. The molecule has 3 rings (SSSR count). The minimum atomic E-state index is -1.06. The maximum Gasteiger partial charge on any atom is 0.352 e. The number of aromatic carboxylic acids is 1. The van der Waals surface area contributed by atoms with Crippen LogP contribution in [0.2, 0.25) is 5.02 Å². The van der Waals surface area contributed by atoms with Crippen LogP contribution in [0.25, 0.3) is 10.9 Å². The Balaban J connectivity index is 2.52. The second-order valence-electron chi connectivity index (χ2n) is 4.87. The van der Waals surface area contributed by atoms with Crippen molar-refractivity contribution in [1.29, 1.82) is 0 Å². The summed E-state index contributed by atoms with van der Waals surface area (Å²) in [4.78, 5) is 23.7. The van der Waals surface area contributed by atoms with Crippen molar-refractivity contribution in [3.8, 4) is 0 Å². The molecule has 0 spiro atoms. The number of aromatic nitrogens is 1. The minimum Gasteiger partial charge on any atom is -0.477 e. The molecule has 4 nitrogen and oxygen atoms in total. The summed E-state index contributed by atoms with van der Waals surface area (Å²) in [5.74, 6) is -1.06. The van der Waals surface area contributed by atoms with E-state index in [0.717, 1.165) is 12.8 Å². The van der Waals surface area contributed by atoms with Gasteiger partial charge in [0.25, 0.3) is 0 Å². The molecule has 1 aromatic heterocycles. The lowest BCUT2D eigenvalue weighted by atomic mass is 10.1. The van der Waals surface area contributed by atoms with Gasteiger partial charge in [-0.1, -0.05) is 11.6 Å². The number of fused-ring (bicyclic) bond motifs is 1. The molecule has 1 saturated carbocycles. The molecule has 1 N–H and O–H groups in total. The lowest BCUT2D eigenvalue weighted by molar-refractivity contribution is 0.0683. The second-order valence-corrected chi connectivity index (χ2v) is 5.31. The molecule has 0 bridgehead atoms. The van der Waals surface area contributed by atoms with Gasteiger partial charge in [-0.2, -0.15) is 0 Å². The van der Waals surface area contributed by atoms with Crippen LogP contribution in [0.5, 0.6) is 0 Å². The maximum absolute atomic E-state index is 12.3. The molecular weight excluding hydrogens is 266 g/mol. The number of carboxylic acids is 1. The molecular formula is C14H12ClNO3. The highest BCUT2D eigenvalue weighted by atomic mass is 35.5. The standard InChI is InChI=1S/C14H12ClNO3/c1-7-12(14(18)19)16(9-3-4-9)11-5-2-8(15)6-10(11)13(7)17/h2,5-6,9H,3-4H2,1H3,(H,18,19). The van der Waals surface area contributed by atoms with Crippen molar-refractivity contribution in [2.24, 2.45) is 0 Å². The maximum atomic E-state index is 12.3. The van der Waals surface area contributed by atoms with Crippen molar-refractivity contribution in [3.05, 3.63) is 44.7 Å². The number of benzene rings is 1. The molecule has 1 heterocycles. The number of halogens is 1. The average molecular weight is 278 g/mol. The number of hydrogen-bond donors (Lipinski definition) is 1. The van der Waals surface area contributed by atoms with E-state index in [0.29, 0.717) is 15.9 Å². The third kappa shape index (κ3) is 1.83. The van der Waals surface area contributed by atoms with Crippen LogP contribution in [0.3, 0.4) is 0 Å². The van der Waals surface area contributed by atoms with E-state index in [-0.39, 0.29) is 22.7 Å². The minimum absolute atomic E-state index is 0.0994. The van der Waals surface area contributed by atoms with Gasteiger partial charge in [0, 0.05) is 22.0 Å². The van der Waals surface area contributed by atoms with Crippen molar-refractivity contribution in [3.63, 3.8) is 0 Å². The van der Waals surface area contributed by atoms with Gasteiger partial charge in [-0.3, -0.25) is 4.79 Å². The van der Waals surface area contributed by atoms with Gasteiger partial charge in [-0.05, 0) is 38.0 Å². The van der Waals surface area contributed by atoms with E-state index in [1.165, 1.54) is 0 Å². The first-order chi connectivity index (χ1) is 9.00. The summed E-state index contributed by atoms with van der Waals surface area (Å²) in [6, 6.07) is 5.19. The number of nitrogens with zero attached hydrogens (tertiary/aromatic N) is 1. The topological polar surface area (TPSA) is 59.3 Å². The summed E-state index contributed by atoms with van der Waals surface area (Å²) in [7, 11) is 0. The van der Waals surface area contributed by atoms with Gasteiger partial charge in [0.1, 0.15) is 5.69 Å². The van der Waals surface area contributed by atoms with Crippen molar-refractivity contribution >= 4 is 28.5 Å². The monoisotopic (exact) mass is 277 g/mol. The second kappa shape index (κ2) is 4.10. The van der Waals surface area contributed by atoms with Crippen LogP contribution in [0.15, 0.2) is 23.0 Å². The Hall–Kier alpha value is -1.81. The van der Waals surface area contributed by atoms with Crippen molar-refractivity contribution < 1.29 is 9.90 Å². The summed E-state index contributed by atoms with van der Waals surface area (Å²) < 4.78 is 1.77. The fourth-order valence-corrected chi connectivity index (χ4v) is 2.66. The molecule has 0 saturated heterocycles. The fourth-order valence-electron chi connectivity index (χ4n) is 2.49. The van der Waals surface area contributed by atoms with E-state index in [4.69, 9.17) is 11.6 Å². The number of hydrogen-bond acceptors (Lipinski definition) is 2. The molecule has 0 radical (unpaired) electrons. The summed E-state index contributed by atoms with van der Waals surface area (Å²) in [6.45, 7) is 1.56. The quantitative estimate of drug-likeness (QED) is 0.918. The predicted octanol–water partition coefficient (Wildman–Crippen LogP) is 3.00. The molecule has 0 aliphatic heterocycles. The van der Waals surface area contributed by atoms with Crippen molar-refractivity contribution in [2.75, 3.05) is 0 Å². The van der Waals surface area contributed by atoms with Crippen LogP contribution in [0.4, 0.5) is 0 Å². The number of pyridine rings is 1. The number of rotatable bonds is 2. The van der Waals surface area contributed by atoms with Gasteiger partial charge in [-0.15, -0.1) is 0 Å². The third-order valence-electron chi connectivity index (χ3n) is 3.51. The molecule has 19 heavy (non-hydrogen) atoms. The van der Waals surface area contributed by atoms with E-state index in [1.807, 2.05) is 0 Å². The van der Waals surface area contributed by atoms with Gasteiger partial charge >= 0.3 is 5.97 Å². The van der Waals surface area contributed by atoms with Gasteiger partial charge < -0.3 is 9.67 Å². The summed E-state index contributed by atoms with van der Waals surface area (Å²) >= 11 is 5.93. The summed E-state index contributed by atoms with van der Waals surface area (Å²) in [5, 5.41) is 10.3. The Bertz CT molecular complexity index is 759. The summed E-state index contributed by atoms with van der Waals surface area (Å²) in [5.41, 5.74) is 0.767. The van der Waals surface area contributed by atoms with E-state index >= 15 is 0 Å². The van der Waals surface area contributed by atoms with Gasteiger partial charge in [0.05, 0.1) is 5.52 Å². The molecule has 1 aliphatic rings. The Morgan fingerprint density at radius 3 is 2.68 bits per heavy atom. The lowest BCUT2D eigenvalue weighted by Crippen LogP contribution is -2.21. The van der Waals surface area contributed by atoms with Crippen molar-refractivity contribution in [1.82, 2.24) is 4.57 Å². The lowest BCUT2D eigenvalue weighted by Gasteiger charge is -2.16. The molecule has 2 aromatic rings. The number of carbonyl (C=O) groups is 1. The smallest absolute Gasteiger partial charge is 0.352 e. The molecule has 1 aliphatic carbocycles. The average Bonchev–Trinajstić information content (AvgIpc) is 3.17. The van der Waals surface area contributed by atoms with Crippen LogP contribution in [0, 0.1) is 6.92 Å². The van der Waals surface area contributed by atoms with Crippen LogP contribution in [-0.4, -0.2) is 15.6 Å². The Morgan fingerprint density at radius 1 is 1.42 bits per heavy atom. The molecule has 5 heteroatoms. The van der Waals surface area contributed by atoms with Crippen LogP contribution < -0.4 is 5.43 Å². The van der Waals surface area contributed by atoms with Crippen LogP contribution in [-0.2, 0) is 0 Å². The largest absolute Gasteiger partial charge is 0.477 e. The first-order valence-electron chi connectivity index (χ1n) is 6.08. The van der Waals surface area contributed by atoms with E-state index in [1.54, 1.807) is 29.7 Å². The first-order valence-corrected chi connectivity index (χ1v) is 6.46. The number of carboxylic acid groups (broad SMARTS) is 1. The molecule has 0 unspecified atom stereocenters. The zero-order valence-corrected chi connectivity index (χ0v) is 11.1. The van der Waals surface area contributed by atoms with E-state index in [9.17, 15) is 14.7 Å². The zero-order valence-electron chi connectivity index (χ0n) is 10.3. The highest BCUT2D eigenvalue weighted by Gasteiger charge is 2.30. The van der Waals surface area contributed by atoms with E-state index < -0.39 is 5.97 Å². The Kier molecular flexibility index (Phi) is 2.64. The van der Waals surface area contributed by atoms with Gasteiger partial charge in [-0.25, -0.2) is 4.79 Å². The van der Waals surface area contributed by atoms with Crippen LogP contribution in [0.1, 0.15) is 34.9 Å². The predicted molar refractivity (Wildman–Crippen MR) is 73.2 cm³/mol. The fraction of sp³-hybridized carbons (Fsp3) is 0.286. The molecule has 1 fully saturated rings. The normalized spacial score (nSPS) is 14.8. The highest BCUT2D eigenvalue weighted by Crippen LogP contribution is 2.38. The van der Waals surface area contributed by atoms with Gasteiger partial charge in [0.2, 0.25) is 0 Å². The summed E-state index contributed by atoms with van der Waals surface area (Å²) in [6.07, 6.45) is 1.89. The molecule has 98 valence electrons. The molecule has 0 atom stereocenters. The van der Waals surface area contributed by atoms with Crippen molar-refractivity contribution in [2.45, 2.75) is 25.8 Å². The zero-order chi connectivity index (χ0) is 13.7. The Labute approximate surface area is 114 Å². The Morgan fingerprint density at radius 2 is 2.11 bits per heavy atom. The SMILES string of the molecule is Cc1c(C(=O)O)n(C2CC2)c2ccc(Cl)cc2c1=O. The first kappa shape index (κ1) is 12.2. The van der Waals surface area contributed by atoms with Crippen LogP contribution >= 0.6 is 11.6 Å². The molecule has 0 amide bonds. The highest BCUT2D eigenvalue weighted by molar-refractivity contribution is 6.31. The molecule has 1 aromatic carbocycles. The van der Waals surface area contributed by atoms with Gasteiger partial charge in [0.15, 0.2) is 5.43 Å². The van der Waals surface area contributed by atoms with E-state index in [2.05, 4.69) is 0 Å².